The Labute approximate surface area is 212 Å². The average Bonchev–Trinajstić information content (AvgIpc) is 2.92. The summed E-state index contributed by atoms with van der Waals surface area (Å²) in [7, 11) is 6.41. The Hall–Kier alpha value is -3.30. The molecule has 0 radical (unpaired) electrons. The van der Waals surface area contributed by atoms with Crippen molar-refractivity contribution in [2.45, 2.75) is 18.4 Å². The van der Waals surface area contributed by atoms with Gasteiger partial charge in [-0.2, -0.15) is 0 Å². The molecule has 4 rings (SSSR count). The fraction of sp³-hybridized carbons (Fsp3) is 0.481. The Morgan fingerprint density at radius 3 is 2.33 bits per heavy atom. The van der Waals surface area contributed by atoms with Crippen LogP contribution in [0.3, 0.4) is 0 Å². The molecule has 0 unspecified atom stereocenters. The fourth-order valence-electron chi connectivity index (χ4n) is 5.00. The summed E-state index contributed by atoms with van der Waals surface area (Å²) in [6, 6.07) is 10.4. The summed E-state index contributed by atoms with van der Waals surface area (Å²) in [6.45, 7) is 4.77. The molecule has 0 aliphatic carbocycles. The minimum atomic E-state index is -0.626. The predicted octanol–water partition coefficient (Wildman–Crippen LogP) is 2.46. The normalized spacial score (nSPS) is 20.0. The molecule has 2 aromatic rings. The highest BCUT2D eigenvalue weighted by Crippen LogP contribution is 2.45. The van der Waals surface area contributed by atoms with Crippen molar-refractivity contribution < 1.29 is 28.5 Å². The van der Waals surface area contributed by atoms with Crippen LogP contribution in [0.4, 0.5) is 0 Å². The largest absolute Gasteiger partial charge is 0.497 e. The highest BCUT2D eigenvalue weighted by atomic mass is 16.5. The van der Waals surface area contributed by atoms with Crippen LogP contribution < -0.4 is 19.5 Å². The molecule has 0 aromatic heterocycles. The zero-order valence-corrected chi connectivity index (χ0v) is 21.4. The second-order valence-corrected chi connectivity index (χ2v) is 9.00. The number of nitrogens with zero attached hydrogens (tertiary/aromatic N) is 2. The van der Waals surface area contributed by atoms with E-state index in [1.807, 2.05) is 24.3 Å². The SMILES string of the molecule is COc1ccc([C@H]2[C@H](C(=O)NCCCN3CCOCC3)c3cc(OC)c(OC)cc3C(=O)N2C)cc1. The van der Waals surface area contributed by atoms with E-state index in [1.165, 1.54) is 7.11 Å². The molecule has 1 saturated heterocycles. The van der Waals surface area contributed by atoms with E-state index in [0.29, 0.717) is 34.9 Å². The number of hydrogen-bond donors (Lipinski definition) is 1. The van der Waals surface area contributed by atoms with Crippen molar-refractivity contribution in [3.05, 3.63) is 53.1 Å². The Morgan fingerprint density at radius 2 is 1.69 bits per heavy atom. The molecule has 2 aliphatic rings. The molecule has 9 heteroatoms. The molecule has 2 amide bonds. The number of ether oxygens (including phenoxy) is 4. The van der Waals surface area contributed by atoms with E-state index in [2.05, 4.69) is 10.2 Å². The van der Waals surface area contributed by atoms with Crippen molar-refractivity contribution in [2.24, 2.45) is 0 Å². The van der Waals surface area contributed by atoms with Crippen molar-refractivity contribution in [1.82, 2.24) is 15.1 Å². The summed E-state index contributed by atoms with van der Waals surface area (Å²) < 4.78 is 21.7. The van der Waals surface area contributed by atoms with Crippen LogP contribution in [0, 0.1) is 0 Å². The van der Waals surface area contributed by atoms with Crippen LogP contribution in [-0.2, 0) is 9.53 Å². The van der Waals surface area contributed by atoms with Gasteiger partial charge in [-0.15, -0.1) is 0 Å². The highest BCUT2D eigenvalue weighted by molar-refractivity contribution is 6.02. The number of carbonyl (C=O) groups excluding carboxylic acids is 2. The van der Waals surface area contributed by atoms with Crippen molar-refractivity contribution in [3.8, 4) is 17.2 Å². The molecular formula is C27H35N3O6. The lowest BCUT2D eigenvalue weighted by molar-refractivity contribution is -0.124. The number of hydrogen-bond acceptors (Lipinski definition) is 7. The monoisotopic (exact) mass is 497 g/mol. The van der Waals surface area contributed by atoms with Gasteiger partial charge < -0.3 is 29.2 Å². The van der Waals surface area contributed by atoms with Gasteiger partial charge in [0.1, 0.15) is 5.75 Å². The number of amides is 2. The number of rotatable bonds is 9. The van der Waals surface area contributed by atoms with E-state index in [4.69, 9.17) is 18.9 Å². The summed E-state index contributed by atoms with van der Waals surface area (Å²) in [6.07, 6.45) is 0.833. The van der Waals surface area contributed by atoms with E-state index >= 15 is 0 Å². The Morgan fingerprint density at radius 1 is 1.03 bits per heavy atom. The molecule has 2 aliphatic heterocycles. The molecule has 0 spiro atoms. The van der Waals surface area contributed by atoms with E-state index in [1.54, 1.807) is 38.3 Å². The molecule has 2 heterocycles. The van der Waals surface area contributed by atoms with Crippen molar-refractivity contribution >= 4 is 11.8 Å². The van der Waals surface area contributed by atoms with Gasteiger partial charge in [0.15, 0.2) is 11.5 Å². The molecule has 2 atom stereocenters. The van der Waals surface area contributed by atoms with Crippen LogP contribution in [0.15, 0.2) is 36.4 Å². The summed E-state index contributed by atoms with van der Waals surface area (Å²) in [4.78, 5) is 31.2. The quantitative estimate of drug-likeness (QED) is 0.533. The van der Waals surface area contributed by atoms with Gasteiger partial charge in [-0.05, 0) is 48.4 Å². The lowest BCUT2D eigenvalue weighted by Gasteiger charge is -2.40. The molecule has 194 valence electrons. The second-order valence-electron chi connectivity index (χ2n) is 9.00. The van der Waals surface area contributed by atoms with Crippen LogP contribution in [0.2, 0.25) is 0 Å². The third kappa shape index (κ3) is 5.27. The first kappa shape index (κ1) is 25.8. The van der Waals surface area contributed by atoms with Crippen LogP contribution in [0.25, 0.3) is 0 Å². The van der Waals surface area contributed by atoms with Gasteiger partial charge in [-0.1, -0.05) is 12.1 Å². The topological polar surface area (TPSA) is 89.6 Å². The summed E-state index contributed by atoms with van der Waals surface area (Å²) >= 11 is 0. The molecular weight excluding hydrogens is 462 g/mol. The molecule has 0 bridgehead atoms. The summed E-state index contributed by atoms with van der Waals surface area (Å²) in [5.41, 5.74) is 1.91. The van der Waals surface area contributed by atoms with Crippen molar-refractivity contribution in [3.63, 3.8) is 0 Å². The lowest BCUT2D eigenvalue weighted by Crippen LogP contribution is -2.46. The Bertz CT molecular complexity index is 1070. The number of carbonyl (C=O) groups is 2. The number of nitrogens with one attached hydrogen (secondary N) is 1. The number of morpholine rings is 1. The van der Waals surface area contributed by atoms with E-state index in [-0.39, 0.29) is 11.8 Å². The van der Waals surface area contributed by atoms with Crippen LogP contribution in [0.1, 0.15) is 39.9 Å². The van der Waals surface area contributed by atoms with Gasteiger partial charge in [-0.25, -0.2) is 0 Å². The maximum atomic E-state index is 13.7. The van der Waals surface area contributed by atoms with Gasteiger partial charge in [0, 0.05) is 32.2 Å². The molecule has 2 aromatic carbocycles. The second kappa shape index (κ2) is 11.6. The van der Waals surface area contributed by atoms with Crippen molar-refractivity contribution in [2.75, 3.05) is 67.8 Å². The van der Waals surface area contributed by atoms with E-state index < -0.39 is 12.0 Å². The average molecular weight is 498 g/mol. The number of benzene rings is 2. The molecule has 9 nitrogen and oxygen atoms in total. The Kier molecular flexibility index (Phi) is 8.32. The van der Waals surface area contributed by atoms with E-state index in [9.17, 15) is 9.59 Å². The minimum absolute atomic E-state index is 0.134. The first-order chi connectivity index (χ1) is 17.5. The predicted molar refractivity (Wildman–Crippen MR) is 135 cm³/mol. The first-order valence-corrected chi connectivity index (χ1v) is 12.2. The van der Waals surface area contributed by atoms with Crippen LogP contribution in [0.5, 0.6) is 17.2 Å². The van der Waals surface area contributed by atoms with Crippen LogP contribution in [-0.4, -0.2) is 89.4 Å². The molecule has 1 N–H and O–H groups in total. The molecule has 1 fully saturated rings. The third-order valence-electron chi connectivity index (χ3n) is 6.97. The standard InChI is InChI=1S/C27H35N3O6/c1-29-25(18-6-8-19(33-2)9-7-18)24(26(31)28-10-5-11-30-12-14-36-15-13-30)20-16-22(34-3)23(35-4)17-21(20)27(29)32/h6-9,16-17,24-25H,5,10-15H2,1-4H3,(H,28,31)/t24-,25+/m1/s1. The highest BCUT2D eigenvalue weighted by Gasteiger charge is 2.43. The maximum absolute atomic E-state index is 13.7. The minimum Gasteiger partial charge on any atom is -0.497 e. The number of likely N-dealkylation sites (N-methyl/N-ethyl adjacent to an activating group) is 1. The zero-order chi connectivity index (χ0) is 25.7. The number of fused-ring (bicyclic) bond motifs is 1. The summed E-state index contributed by atoms with van der Waals surface area (Å²) in [5.74, 6) is 0.699. The summed E-state index contributed by atoms with van der Waals surface area (Å²) in [5, 5.41) is 3.13. The van der Waals surface area contributed by atoms with Gasteiger partial charge in [0.25, 0.3) is 5.91 Å². The van der Waals surface area contributed by atoms with Gasteiger partial charge in [0.2, 0.25) is 5.91 Å². The van der Waals surface area contributed by atoms with Gasteiger partial charge >= 0.3 is 0 Å². The zero-order valence-electron chi connectivity index (χ0n) is 21.4. The number of methoxy groups -OCH3 is 3. The van der Waals surface area contributed by atoms with Gasteiger partial charge in [0.05, 0.1) is 46.5 Å². The smallest absolute Gasteiger partial charge is 0.254 e. The van der Waals surface area contributed by atoms with Crippen molar-refractivity contribution in [1.29, 1.82) is 0 Å². The first-order valence-electron chi connectivity index (χ1n) is 12.2. The lowest BCUT2D eigenvalue weighted by atomic mass is 9.79. The van der Waals surface area contributed by atoms with E-state index in [0.717, 1.165) is 44.8 Å². The van der Waals surface area contributed by atoms with Gasteiger partial charge in [-0.3, -0.25) is 14.5 Å². The fourth-order valence-corrected chi connectivity index (χ4v) is 5.00. The van der Waals surface area contributed by atoms with Crippen LogP contribution >= 0.6 is 0 Å². The third-order valence-corrected chi connectivity index (χ3v) is 6.97. The molecule has 36 heavy (non-hydrogen) atoms. The Balaban J connectivity index is 1.64. The molecule has 0 saturated carbocycles. The maximum Gasteiger partial charge on any atom is 0.254 e.